The van der Waals surface area contributed by atoms with E-state index in [9.17, 15) is 4.39 Å². The van der Waals surface area contributed by atoms with Gasteiger partial charge in [-0.05, 0) is 12.5 Å². The minimum atomic E-state index is -0.398. The van der Waals surface area contributed by atoms with Crippen LogP contribution in [0.5, 0.6) is 0 Å². The van der Waals surface area contributed by atoms with Crippen LogP contribution in [0.1, 0.15) is 19.0 Å². The Morgan fingerprint density at radius 1 is 1.32 bits per heavy atom. The Morgan fingerprint density at radius 2 is 2.16 bits per heavy atom. The first-order chi connectivity index (χ1) is 8.83. The Kier molecular flexibility index (Phi) is 6.35. The first kappa shape index (κ1) is 15.5. The fourth-order valence-corrected chi connectivity index (χ4v) is 1.78. The van der Waals surface area contributed by atoms with E-state index in [0.717, 1.165) is 24.3 Å². The highest BCUT2D eigenvalue weighted by Gasteiger charge is 2.02. The number of aryl methyl sites for hydroxylation is 2. The summed E-state index contributed by atoms with van der Waals surface area (Å²) in [5.74, 6) is 0. The molecule has 0 atom stereocenters. The van der Waals surface area contributed by atoms with Crippen LogP contribution >= 0.6 is 12.4 Å². The fraction of sp³-hybridized carbons (Fsp3) is 0.500. The molecule has 19 heavy (non-hydrogen) atoms. The lowest BCUT2D eigenvalue weighted by atomic mass is 10.4. The quantitative estimate of drug-likeness (QED) is 0.851. The molecule has 0 fully saturated rings. The third kappa shape index (κ3) is 4.24. The van der Waals surface area contributed by atoms with Crippen molar-refractivity contribution in [3.63, 3.8) is 0 Å². The number of alkyl halides is 1. The maximum Gasteiger partial charge on any atom is 0.109 e. The Balaban J connectivity index is 0.00000180. The third-order valence-corrected chi connectivity index (χ3v) is 2.66. The van der Waals surface area contributed by atoms with Crippen LogP contribution in [0.15, 0.2) is 24.7 Å². The van der Waals surface area contributed by atoms with Gasteiger partial charge in [-0.15, -0.1) is 12.4 Å². The normalized spacial score (nSPS) is 10.2. The molecular weight excluding hydrogens is 269 g/mol. The van der Waals surface area contributed by atoms with Crippen LogP contribution in [0.25, 0.3) is 0 Å². The van der Waals surface area contributed by atoms with E-state index in [1.165, 1.54) is 0 Å². The van der Waals surface area contributed by atoms with Crippen molar-refractivity contribution in [1.29, 1.82) is 0 Å². The van der Waals surface area contributed by atoms with Gasteiger partial charge >= 0.3 is 0 Å². The van der Waals surface area contributed by atoms with Crippen molar-refractivity contribution >= 4 is 18.1 Å². The number of hydrogen-bond donors (Lipinski definition) is 1. The summed E-state index contributed by atoms with van der Waals surface area (Å²) < 4.78 is 15.7. The molecule has 2 aromatic rings. The standard InChI is InChI=1S/C12H18FN5.ClH/c1-2-6-18-12(3-5-15-18)9-14-11-8-16-17(10-11)7-4-13;/h3,5,8,10,14H,2,4,6-7,9H2,1H3;1H. The highest BCUT2D eigenvalue weighted by atomic mass is 35.5. The predicted molar refractivity (Wildman–Crippen MR) is 75.3 cm³/mol. The molecule has 0 amide bonds. The predicted octanol–water partition coefficient (Wildman–Crippen LogP) is 2.49. The minimum Gasteiger partial charge on any atom is -0.377 e. The molecule has 0 saturated heterocycles. The summed E-state index contributed by atoms with van der Waals surface area (Å²) in [7, 11) is 0. The zero-order valence-corrected chi connectivity index (χ0v) is 11.7. The van der Waals surface area contributed by atoms with Crippen LogP contribution in [-0.2, 0) is 19.6 Å². The lowest BCUT2D eigenvalue weighted by Gasteiger charge is -2.07. The molecule has 0 saturated carbocycles. The van der Waals surface area contributed by atoms with Gasteiger partial charge in [0, 0.05) is 18.9 Å². The van der Waals surface area contributed by atoms with E-state index in [0.29, 0.717) is 13.1 Å². The fourth-order valence-electron chi connectivity index (χ4n) is 1.78. The number of halogens is 2. The molecule has 0 bridgehead atoms. The third-order valence-electron chi connectivity index (χ3n) is 2.66. The van der Waals surface area contributed by atoms with E-state index < -0.39 is 6.67 Å². The van der Waals surface area contributed by atoms with Gasteiger partial charge < -0.3 is 5.32 Å². The van der Waals surface area contributed by atoms with Crippen molar-refractivity contribution in [2.45, 2.75) is 33.0 Å². The summed E-state index contributed by atoms with van der Waals surface area (Å²) in [6.45, 7) is 3.65. The van der Waals surface area contributed by atoms with E-state index in [2.05, 4.69) is 22.4 Å². The Labute approximate surface area is 118 Å². The number of hydrogen-bond acceptors (Lipinski definition) is 3. The zero-order chi connectivity index (χ0) is 12.8. The van der Waals surface area contributed by atoms with Crippen LogP contribution in [0, 0.1) is 0 Å². The van der Waals surface area contributed by atoms with Crippen LogP contribution in [0.3, 0.4) is 0 Å². The van der Waals surface area contributed by atoms with Crippen molar-refractivity contribution in [1.82, 2.24) is 19.6 Å². The van der Waals surface area contributed by atoms with E-state index >= 15 is 0 Å². The topological polar surface area (TPSA) is 47.7 Å². The molecule has 0 aliphatic carbocycles. The lowest BCUT2D eigenvalue weighted by Crippen LogP contribution is -2.08. The average molecular weight is 288 g/mol. The van der Waals surface area contributed by atoms with Crippen molar-refractivity contribution < 1.29 is 4.39 Å². The maximum absolute atomic E-state index is 12.1. The molecule has 0 spiro atoms. The number of nitrogens with one attached hydrogen (secondary N) is 1. The molecule has 0 aliphatic rings. The second-order valence-electron chi connectivity index (χ2n) is 4.08. The smallest absolute Gasteiger partial charge is 0.109 e. The molecule has 2 rings (SSSR count). The maximum atomic E-state index is 12.1. The highest BCUT2D eigenvalue weighted by molar-refractivity contribution is 5.85. The summed E-state index contributed by atoms with van der Waals surface area (Å²) in [4.78, 5) is 0. The second-order valence-corrected chi connectivity index (χ2v) is 4.08. The average Bonchev–Trinajstić information content (AvgIpc) is 2.97. The van der Waals surface area contributed by atoms with Crippen molar-refractivity contribution in [3.8, 4) is 0 Å². The van der Waals surface area contributed by atoms with Gasteiger partial charge in [0.2, 0.25) is 0 Å². The Hall–Kier alpha value is -1.56. The van der Waals surface area contributed by atoms with Crippen LogP contribution < -0.4 is 5.32 Å². The molecule has 2 aromatic heterocycles. The molecule has 5 nitrogen and oxygen atoms in total. The molecule has 7 heteroatoms. The van der Waals surface area contributed by atoms with Gasteiger partial charge in [0.25, 0.3) is 0 Å². The van der Waals surface area contributed by atoms with Gasteiger partial charge in [-0.3, -0.25) is 9.36 Å². The summed E-state index contributed by atoms with van der Waals surface area (Å²) in [5.41, 5.74) is 2.03. The zero-order valence-electron chi connectivity index (χ0n) is 10.9. The molecule has 1 N–H and O–H groups in total. The van der Waals surface area contributed by atoms with Gasteiger partial charge in [0.05, 0.1) is 30.7 Å². The summed E-state index contributed by atoms with van der Waals surface area (Å²) >= 11 is 0. The minimum absolute atomic E-state index is 0. The monoisotopic (exact) mass is 287 g/mol. The lowest BCUT2D eigenvalue weighted by molar-refractivity contribution is 0.427. The van der Waals surface area contributed by atoms with Gasteiger partial charge in [-0.25, -0.2) is 4.39 Å². The van der Waals surface area contributed by atoms with Crippen LogP contribution in [-0.4, -0.2) is 26.2 Å². The Bertz CT molecular complexity index is 482. The number of aromatic nitrogens is 4. The molecule has 2 heterocycles. The Morgan fingerprint density at radius 3 is 2.89 bits per heavy atom. The number of anilines is 1. The van der Waals surface area contributed by atoms with Gasteiger partial charge in [0.1, 0.15) is 6.67 Å². The van der Waals surface area contributed by atoms with Gasteiger partial charge in [0.15, 0.2) is 0 Å². The largest absolute Gasteiger partial charge is 0.377 e. The highest BCUT2D eigenvalue weighted by Crippen LogP contribution is 2.08. The SMILES string of the molecule is CCCn1nccc1CNc1cnn(CCF)c1.Cl. The van der Waals surface area contributed by atoms with E-state index in [1.54, 1.807) is 23.3 Å². The van der Waals surface area contributed by atoms with E-state index in [4.69, 9.17) is 0 Å². The van der Waals surface area contributed by atoms with Crippen molar-refractivity contribution in [2.24, 2.45) is 0 Å². The molecule has 0 aliphatic heterocycles. The second kappa shape index (κ2) is 7.78. The van der Waals surface area contributed by atoms with Crippen molar-refractivity contribution in [2.75, 3.05) is 12.0 Å². The molecule has 0 aromatic carbocycles. The molecule has 0 unspecified atom stereocenters. The van der Waals surface area contributed by atoms with E-state index in [1.807, 2.05) is 10.7 Å². The number of rotatable bonds is 7. The van der Waals surface area contributed by atoms with E-state index in [-0.39, 0.29) is 12.4 Å². The number of nitrogens with zero attached hydrogens (tertiary/aromatic N) is 4. The first-order valence-corrected chi connectivity index (χ1v) is 6.16. The molecular formula is C12H19ClFN5. The van der Waals surface area contributed by atoms with Crippen LogP contribution in [0.2, 0.25) is 0 Å². The van der Waals surface area contributed by atoms with Crippen LogP contribution in [0.4, 0.5) is 10.1 Å². The van der Waals surface area contributed by atoms with Gasteiger partial charge in [-0.2, -0.15) is 10.2 Å². The van der Waals surface area contributed by atoms with Gasteiger partial charge in [-0.1, -0.05) is 6.92 Å². The summed E-state index contributed by atoms with van der Waals surface area (Å²) in [5, 5.41) is 11.6. The summed E-state index contributed by atoms with van der Waals surface area (Å²) in [6.07, 6.45) is 6.37. The summed E-state index contributed by atoms with van der Waals surface area (Å²) in [6, 6.07) is 1.99. The molecule has 0 radical (unpaired) electrons. The molecule has 106 valence electrons. The first-order valence-electron chi connectivity index (χ1n) is 6.16. The van der Waals surface area contributed by atoms with Crippen molar-refractivity contribution in [3.05, 3.63) is 30.4 Å².